The van der Waals surface area contributed by atoms with Gasteiger partial charge in [0.05, 0.1) is 21.2 Å². The van der Waals surface area contributed by atoms with Crippen LogP contribution in [-0.4, -0.2) is 39.6 Å². The minimum absolute atomic E-state index is 0.0123. The number of rotatable bonds is 6. The minimum Gasteiger partial charge on any atom is -0.486 e. The van der Waals surface area contributed by atoms with E-state index in [0.717, 1.165) is 10.0 Å². The topological polar surface area (TPSA) is 83.9 Å². The van der Waals surface area contributed by atoms with Gasteiger partial charge in [-0.2, -0.15) is 0 Å². The van der Waals surface area contributed by atoms with Gasteiger partial charge in [-0.25, -0.2) is 4.79 Å². The molecule has 1 N–H and O–H groups in total. The molecular weight excluding hydrogens is 446 g/mol. The molecule has 0 spiro atoms. The normalized spacial score (nSPS) is 21.5. The molecule has 0 radical (unpaired) electrons. The number of amides is 1. The van der Waals surface area contributed by atoms with E-state index in [1.54, 1.807) is 6.07 Å². The third-order valence-corrected chi connectivity index (χ3v) is 6.29. The van der Waals surface area contributed by atoms with Crippen molar-refractivity contribution in [3.05, 3.63) is 37.8 Å². The highest BCUT2D eigenvalue weighted by Gasteiger charge is 2.56. The third kappa shape index (κ3) is 3.37. The number of nitrogens with zero attached hydrogens (tertiary/aromatic N) is 1. The number of ether oxygens (including phenoxy) is 1. The molecule has 1 amide bonds. The van der Waals surface area contributed by atoms with Crippen molar-refractivity contribution in [1.82, 2.24) is 4.90 Å². The fourth-order valence-electron chi connectivity index (χ4n) is 3.06. The molecule has 2 atom stereocenters. The van der Waals surface area contributed by atoms with Gasteiger partial charge >= 0.3 is 5.97 Å². The molecule has 0 bridgehead atoms. The van der Waals surface area contributed by atoms with E-state index in [2.05, 4.69) is 15.9 Å². The Hall–Kier alpha value is -1.51. The Balaban J connectivity index is 1.81. The van der Waals surface area contributed by atoms with Crippen LogP contribution in [0, 0.1) is 12.8 Å². The number of benzene rings is 1. The number of carbonyl (C=O) groups excluding carboxylic acids is 2. The number of thioether (sulfide) groups is 1. The zero-order valence-corrected chi connectivity index (χ0v) is 17.1. The van der Waals surface area contributed by atoms with E-state index in [4.69, 9.17) is 16.3 Å². The first-order valence-corrected chi connectivity index (χ1v) is 9.79. The van der Waals surface area contributed by atoms with Gasteiger partial charge in [0.2, 0.25) is 5.91 Å². The van der Waals surface area contributed by atoms with Crippen LogP contribution in [0.4, 0.5) is 0 Å². The number of aliphatic carboxylic acids is 1. The molecule has 1 fully saturated rings. The van der Waals surface area contributed by atoms with Crippen molar-refractivity contribution in [2.24, 2.45) is 5.92 Å². The molecule has 1 saturated heterocycles. The number of carbonyl (C=O) groups is 3. The Morgan fingerprint density at radius 3 is 2.69 bits per heavy atom. The molecule has 0 aliphatic carbocycles. The van der Waals surface area contributed by atoms with E-state index in [1.807, 2.05) is 13.0 Å². The molecule has 138 valence electrons. The highest BCUT2D eigenvalue weighted by molar-refractivity contribution is 9.10. The summed E-state index contributed by atoms with van der Waals surface area (Å²) >= 11 is 10.8. The zero-order valence-electron chi connectivity index (χ0n) is 13.9. The van der Waals surface area contributed by atoms with E-state index in [1.165, 1.54) is 23.6 Å². The first-order valence-electron chi connectivity index (χ1n) is 7.74. The number of Topliss-reactive ketones (excluding diaryl/α,β-unsaturated/α-hetero) is 1. The summed E-state index contributed by atoms with van der Waals surface area (Å²) in [6.07, 6.45) is 0.117. The molecule has 1 aromatic rings. The largest absolute Gasteiger partial charge is 0.486 e. The van der Waals surface area contributed by atoms with Crippen LogP contribution in [0.3, 0.4) is 0 Å². The summed E-state index contributed by atoms with van der Waals surface area (Å²) in [5.74, 6) is -1.63. The molecule has 6 nitrogen and oxygen atoms in total. The zero-order chi connectivity index (χ0) is 19.2. The van der Waals surface area contributed by atoms with Crippen molar-refractivity contribution in [3.8, 4) is 5.75 Å². The number of β-lactam (4-membered cyclic amide) rings is 1. The number of halogens is 2. The lowest BCUT2D eigenvalue weighted by Gasteiger charge is -2.41. The van der Waals surface area contributed by atoms with Crippen LogP contribution >= 0.6 is 39.3 Å². The number of ketones is 1. The van der Waals surface area contributed by atoms with E-state index in [0.29, 0.717) is 15.7 Å². The highest BCUT2D eigenvalue weighted by Crippen LogP contribution is 2.50. The van der Waals surface area contributed by atoms with Crippen molar-refractivity contribution < 1.29 is 24.2 Å². The molecule has 26 heavy (non-hydrogen) atoms. The first kappa shape index (κ1) is 19.3. The lowest BCUT2D eigenvalue weighted by molar-refractivity contribution is -0.153. The Morgan fingerprint density at radius 2 is 2.12 bits per heavy atom. The lowest BCUT2D eigenvalue weighted by Crippen LogP contribution is -2.57. The third-order valence-electron chi connectivity index (χ3n) is 4.17. The average molecular weight is 461 g/mol. The van der Waals surface area contributed by atoms with Gasteiger partial charge in [0.1, 0.15) is 23.8 Å². The number of fused-ring (bicyclic) bond motifs is 1. The maximum absolute atomic E-state index is 12.3. The first-order chi connectivity index (χ1) is 12.2. The van der Waals surface area contributed by atoms with Crippen LogP contribution < -0.4 is 4.74 Å². The Kier molecular flexibility index (Phi) is 5.37. The number of carboxylic acids is 1. The number of hydrogen-bond donors (Lipinski definition) is 1. The van der Waals surface area contributed by atoms with Crippen LogP contribution in [0.25, 0.3) is 0 Å². The lowest BCUT2D eigenvalue weighted by atomic mass is 9.92. The van der Waals surface area contributed by atoms with E-state index in [-0.39, 0.29) is 35.8 Å². The maximum Gasteiger partial charge on any atom is 0.353 e. The van der Waals surface area contributed by atoms with Crippen LogP contribution in [0.5, 0.6) is 5.75 Å². The van der Waals surface area contributed by atoms with Gasteiger partial charge in [0, 0.05) is 10.9 Å². The quantitative estimate of drug-likeness (QED) is 0.653. The van der Waals surface area contributed by atoms with Gasteiger partial charge in [0.15, 0.2) is 0 Å². The average Bonchev–Trinajstić information content (AvgIpc) is 2.87. The highest BCUT2D eigenvalue weighted by atomic mass is 79.9. The smallest absolute Gasteiger partial charge is 0.353 e. The van der Waals surface area contributed by atoms with E-state index < -0.39 is 11.9 Å². The maximum atomic E-state index is 12.3. The Labute approximate surface area is 167 Å². The monoisotopic (exact) mass is 459 g/mol. The van der Waals surface area contributed by atoms with Crippen LogP contribution in [-0.2, 0) is 14.4 Å². The standard InChI is InChI=1S/C17H15BrClNO5S/c1-7-3-9(18)5-11(19)14(7)25-6-12-13(17(23)24)20-15(22)10(4-8(2)21)16(20)26-12/h3,5,10,16H,4,6H2,1-2H3,(H,23,24)/t10-,16-/m1/s1. The van der Waals surface area contributed by atoms with Gasteiger partial charge in [-0.15, -0.1) is 0 Å². The molecule has 0 aromatic heterocycles. The molecule has 3 rings (SSSR count). The van der Waals surface area contributed by atoms with Crippen molar-refractivity contribution >= 4 is 57.0 Å². The molecule has 1 aromatic carbocycles. The van der Waals surface area contributed by atoms with Gasteiger partial charge in [-0.3, -0.25) is 9.69 Å². The summed E-state index contributed by atoms with van der Waals surface area (Å²) in [6, 6.07) is 3.53. The van der Waals surface area contributed by atoms with Crippen LogP contribution in [0.2, 0.25) is 5.02 Å². The van der Waals surface area contributed by atoms with Crippen LogP contribution in [0.1, 0.15) is 18.9 Å². The second-order valence-corrected chi connectivity index (χ2v) is 8.66. The number of aryl methyl sites for hydroxylation is 1. The molecule has 2 heterocycles. The van der Waals surface area contributed by atoms with Crippen molar-refractivity contribution in [1.29, 1.82) is 0 Å². The van der Waals surface area contributed by atoms with Gasteiger partial charge in [-0.1, -0.05) is 39.3 Å². The van der Waals surface area contributed by atoms with Gasteiger partial charge in [-0.05, 0) is 31.5 Å². The summed E-state index contributed by atoms with van der Waals surface area (Å²) < 4.78 is 6.58. The SMILES string of the molecule is CC(=O)C[C@@H]1C(=O)N2C(C(=O)O)=C(COc3c(C)cc(Br)cc3Cl)S[C@H]12. The molecule has 2 aliphatic rings. The Morgan fingerprint density at radius 1 is 1.42 bits per heavy atom. The van der Waals surface area contributed by atoms with Crippen molar-refractivity contribution in [2.75, 3.05) is 6.61 Å². The Bertz CT molecular complexity index is 833. The minimum atomic E-state index is -1.19. The summed E-state index contributed by atoms with van der Waals surface area (Å²) in [5.41, 5.74) is 0.731. The van der Waals surface area contributed by atoms with Gasteiger partial charge < -0.3 is 14.6 Å². The van der Waals surface area contributed by atoms with Crippen LogP contribution in [0.15, 0.2) is 27.2 Å². The van der Waals surface area contributed by atoms with Crippen molar-refractivity contribution in [3.63, 3.8) is 0 Å². The second kappa shape index (κ2) is 7.25. The fourth-order valence-corrected chi connectivity index (χ4v) is 5.50. The van der Waals surface area contributed by atoms with Gasteiger partial charge in [0.25, 0.3) is 0 Å². The summed E-state index contributed by atoms with van der Waals surface area (Å²) in [4.78, 5) is 36.9. The van der Waals surface area contributed by atoms with E-state index >= 15 is 0 Å². The number of hydrogen-bond acceptors (Lipinski definition) is 5. The molecule has 2 aliphatic heterocycles. The predicted octanol–water partition coefficient (Wildman–Crippen LogP) is 3.60. The fraction of sp³-hybridized carbons (Fsp3) is 0.353. The van der Waals surface area contributed by atoms with Crippen molar-refractivity contribution in [2.45, 2.75) is 25.6 Å². The molecule has 0 saturated carbocycles. The number of carboxylic acid groups (broad SMARTS) is 1. The molecule has 9 heteroatoms. The van der Waals surface area contributed by atoms with E-state index in [9.17, 15) is 19.5 Å². The summed E-state index contributed by atoms with van der Waals surface area (Å²) in [6.45, 7) is 3.24. The summed E-state index contributed by atoms with van der Waals surface area (Å²) in [7, 11) is 0. The second-order valence-electron chi connectivity index (χ2n) is 6.13. The predicted molar refractivity (Wildman–Crippen MR) is 101 cm³/mol. The summed E-state index contributed by atoms with van der Waals surface area (Å²) in [5, 5.41) is 9.56. The molecule has 0 unspecified atom stereocenters. The molecular formula is C17H15BrClNO5S.